The van der Waals surface area contributed by atoms with Crippen LogP contribution in [0.25, 0.3) is 0 Å². The average Bonchev–Trinajstić information content (AvgIpc) is 2.69. The highest BCUT2D eigenvalue weighted by atomic mass is 16.4. The number of nitrogens with one attached hydrogen (secondary N) is 1. The smallest absolute Gasteiger partial charge is 0.329 e. The molecule has 0 spiro atoms. The van der Waals surface area contributed by atoms with E-state index < -0.39 is 17.1 Å². The van der Waals surface area contributed by atoms with Crippen LogP contribution >= 0.6 is 0 Å². The lowest BCUT2D eigenvalue weighted by Crippen LogP contribution is -2.59. The molecule has 0 aromatic heterocycles. The predicted molar refractivity (Wildman–Crippen MR) is 73.3 cm³/mol. The molecule has 6 heteroatoms. The number of rotatable bonds is 2. The second-order valence-electron chi connectivity index (χ2n) is 6.69. The fourth-order valence-electron chi connectivity index (χ4n) is 3.31. The number of carboxylic acid groups (broad SMARTS) is 1. The van der Waals surface area contributed by atoms with Crippen LogP contribution in [0.15, 0.2) is 0 Å². The van der Waals surface area contributed by atoms with Crippen molar-refractivity contribution in [1.82, 2.24) is 10.2 Å². The molecule has 0 radical (unpaired) electrons. The highest BCUT2D eigenvalue weighted by Gasteiger charge is 2.45. The largest absolute Gasteiger partial charge is 0.480 e. The first-order valence-electron chi connectivity index (χ1n) is 7.27. The van der Waals surface area contributed by atoms with Gasteiger partial charge in [0.05, 0.1) is 12.1 Å². The molecule has 2 amide bonds. The molecule has 1 aliphatic heterocycles. The van der Waals surface area contributed by atoms with E-state index in [1.165, 1.54) is 4.90 Å². The monoisotopic (exact) mass is 284 g/mol. The number of aliphatic carboxylic acids is 1. The van der Waals surface area contributed by atoms with E-state index >= 15 is 0 Å². The summed E-state index contributed by atoms with van der Waals surface area (Å²) >= 11 is 0. The highest BCUT2D eigenvalue weighted by Crippen LogP contribution is 2.33. The van der Waals surface area contributed by atoms with Gasteiger partial charge in [-0.15, -0.1) is 0 Å². The number of hydrogen-bond donors (Lipinski definition) is 3. The Bertz CT molecular complexity index is 410. The van der Waals surface area contributed by atoms with Crippen molar-refractivity contribution in [3.8, 4) is 0 Å². The van der Waals surface area contributed by atoms with Gasteiger partial charge < -0.3 is 20.4 Å². The summed E-state index contributed by atoms with van der Waals surface area (Å²) in [5.41, 5.74) is -2.02. The summed E-state index contributed by atoms with van der Waals surface area (Å²) in [5, 5.41) is 22.1. The van der Waals surface area contributed by atoms with E-state index in [0.29, 0.717) is 31.7 Å². The number of amides is 2. The maximum Gasteiger partial charge on any atom is 0.329 e. The third-order valence-electron chi connectivity index (χ3n) is 4.49. The van der Waals surface area contributed by atoms with Crippen LogP contribution in [0.3, 0.4) is 0 Å². The fourth-order valence-corrected chi connectivity index (χ4v) is 3.31. The third-order valence-corrected chi connectivity index (χ3v) is 4.49. The lowest BCUT2D eigenvalue weighted by Gasteiger charge is -2.38. The Labute approximate surface area is 119 Å². The maximum atomic E-state index is 12.3. The van der Waals surface area contributed by atoms with Crippen molar-refractivity contribution < 1.29 is 19.8 Å². The Balaban J connectivity index is 2.05. The van der Waals surface area contributed by atoms with Gasteiger partial charge in [0.25, 0.3) is 0 Å². The number of carboxylic acids is 1. The molecule has 0 aromatic carbocycles. The molecule has 114 valence electrons. The van der Waals surface area contributed by atoms with Crippen LogP contribution < -0.4 is 5.32 Å². The predicted octanol–water partition coefficient (Wildman–Crippen LogP) is 1.19. The molecule has 1 aliphatic carbocycles. The number of likely N-dealkylation sites (tertiary alicyclic amines) is 1. The minimum absolute atomic E-state index is 0.254. The zero-order valence-corrected chi connectivity index (χ0v) is 12.2. The molecule has 6 nitrogen and oxygen atoms in total. The summed E-state index contributed by atoms with van der Waals surface area (Å²) in [5.74, 6) is -0.662. The number of hydrogen-bond acceptors (Lipinski definition) is 3. The van der Waals surface area contributed by atoms with Crippen molar-refractivity contribution in [3.63, 3.8) is 0 Å². The number of aliphatic hydroxyl groups is 1. The van der Waals surface area contributed by atoms with E-state index in [1.54, 1.807) is 6.92 Å². The van der Waals surface area contributed by atoms with Gasteiger partial charge in [-0.2, -0.15) is 0 Å². The Morgan fingerprint density at radius 2 is 2.05 bits per heavy atom. The number of β-amino-alcohol motifs (C(OH)–C–C–N with tert-alkyl or cyclic N) is 1. The minimum atomic E-state index is -1.15. The van der Waals surface area contributed by atoms with Crippen molar-refractivity contribution in [3.05, 3.63) is 0 Å². The van der Waals surface area contributed by atoms with Gasteiger partial charge in [0, 0.05) is 6.54 Å². The van der Waals surface area contributed by atoms with E-state index in [-0.39, 0.29) is 12.6 Å². The summed E-state index contributed by atoms with van der Waals surface area (Å²) in [6, 6.07) is -0.376. The number of carbonyl (C=O) groups excluding carboxylic acids is 1. The molecule has 2 fully saturated rings. The van der Waals surface area contributed by atoms with Crippen LogP contribution in [-0.4, -0.2) is 51.3 Å². The fraction of sp³-hybridized carbons (Fsp3) is 0.857. The lowest BCUT2D eigenvalue weighted by atomic mass is 9.76. The molecule has 2 rings (SSSR count). The molecule has 3 atom stereocenters. The maximum absolute atomic E-state index is 12.3. The number of carbonyl (C=O) groups is 2. The van der Waals surface area contributed by atoms with E-state index in [4.69, 9.17) is 0 Å². The molecular weight excluding hydrogens is 260 g/mol. The van der Waals surface area contributed by atoms with Crippen molar-refractivity contribution >= 4 is 12.0 Å². The van der Waals surface area contributed by atoms with E-state index in [2.05, 4.69) is 5.32 Å². The summed E-state index contributed by atoms with van der Waals surface area (Å²) in [6.07, 6.45) is 3.28. The Kier molecular flexibility index (Phi) is 3.95. The van der Waals surface area contributed by atoms with Gasteiger partial charge in [0.1, 0.15) is 5.54 Å². The number of urea groups is 1. The van der Waals surface area contributed by atoms with E-state index in [9.17, 15) is 19.8 Å². The van der Waals surface area contributed by atoms with Crippen LogP contribution in [0.5, 0.6) is 0 Å². The van der Waals surface area contributed by atoms with Crippen LogP contribution in [-0.2, 0) is 4.79 Å². The first-order valence-corrected chi connectivity index (χ1v) is 7.27. The first-order chi connectivity index (χ1) is 9.24. The summed E-state index contributed by atoms with van der Waals surface area (Å²) < 4.78 is 0. The van der Waals surface area contributed by atoms with Gasteiger partial charge >= 0.3 is 12.0 Å². The molecule has 20 heavy (non-hydrogen) atoms. The Hall–Kier alpha value is -1.30. The molecule has 3 unspecified atom stereocenters. The second-order valence-corrected chi connectivity index (χ2v) is 6.69. The van der Waals surface area contributed by atoms with Crippen molar-refractivity contribution in [2.45, 2.75) is 57.1 Å². The summed E-state index contributed by atoms with van der Waals surface area (Å²) in [4.78, 5) is 25.4. The molecule has 1 saturated heterocycles. The highest BCUT2D eigenvalue weighted by molar-refractivity contribution is 5.86. The Morgan fingerprint density at radius 3 is 2.55 bits per heavy atom. The average molecular weight is 284 g/mol. The molecule has 3 N–H and O–H groups in total. The quantitative estimate of drug-likeness (QED) is 0.710. The first kappa shape index (κ1) is 15.1. The zero-order valence-electron chi connectivity index (χ0n) is 12.2. The van der Waals surface area contributed by atoms with Gasteiger partial charge in [-0.05, 0) is 32.1 Å². The SMILES string of the molecule is CC1CCCC(NC(=O)N2CCC(C)(O)C2)(C(=O)O)C1. The van der Waals surface area contributed by atoms with Gasteiger partial charge in [-0.25, -0.2) is 9.59 Å². The normalized spacial score (nSPS) is 37.8. The van der Waals surface area contributed by atoms with Gasteiger partial charge in [0.2, 0.25) is 0 Å². The molecule has 2 aliphatic rings. The van der Waals surface area contributed by atoms with Gasteiger partial charge in [0.15, 0.2) is 0 Å². The van der Waals surface area contributed by atoms with E-state index in [0.717, 1.165) is 12.8 Å². The molecule has 1 heterocycles. The molecule has 0 aromatic rings. The number of nitrogens with zero attached hydrogens (tertiary/aromatic N) is 1. The standard InChI is InChI=1S/C14H24N2O4/c1-10-4-3-5-14(8-10,11(17)18)15-12(19)16-7-6-13(2,20)9-16/h10,20H,3-9H2,1-2H3,(H,15,19)(H,17,18). The minimum Gasteiger partial charge on any atom is -0.480 e. The summed E-state index contributed by atoms with van der Waals surface area (Å²) in [7, 11) is 0. The van der Waals surface area contributed by atoms with Crippen molar-refractivity contribution in [1.29, 1.82) is 0 Å². The Morgan fingerprint density at radius 1 is 1.35 bits per heavy atom. The van der Waals surface area contributed by atoms with E-state index in [1.807, 2.05) is 6.92 Å². The van der Waals surface area contributed by atoms with Gasteiger partial charge in [-0.1, -0.05) is 19.8 Å². The topological polar surface area (TPSA) is 89.9 Å². The van der Waals surface area contributed by atoms with Crippen molar-refractivity contribution in [2.24, 2.45) is 5.92 Å². The molecule has 1 saturated carbocycles. The molecular formula is C14H24N2O4. The van der Waals surface area contributed by atoms with Gasteiger partial charge in [-0.3, -0.25) is 0 Å². The lowest BCUT2D eigenvalue weighted by molar-refractivity contribution is -0.146. The van der Waals surface area contributed by atoms with Crippen molar-refractivity contribution in [2.75, 3.05) is 13.1 Å². The third kappa shape index (κ3) is 3.06. The molecule has 0 bridgehead atoms. The van der Waals surface area contributed by atoms with Crippen LogP contribution in [0.4, 0.5) is 4.79 Å². The van der Waals surface area contributed by atoms with Crippen LogP contribution in [0.1, 0.15) is 46.0 Å². The second kappa shape index (κ2) is 5.24. The zero-order chi connectivity index (χ0) is 15.0. The van der Waals surface area contributed by atoms with Crippen LogP contribution in [0.2, 0.25) is 0 Å². The summed E-state index contributed by atoms with van der Waals surface area (Å²) in [6.45, 7) is 4.42. The van der Waals surface area contributed by atoms with Crippen LogP contribution in [0, 0.1) is 5.92 Å².